The van der Waals surface area contributed by atoms with Crippen LogP contribution in [0.1, 0.15) is 17.1 Å². The van der Waals surface area contributed by atoms with Gasteiger partial charge in [-0.3, -0.25) is 4.79 Å². The number of aromatic nitrogens is 1. The largest absolute Gasteiger partial charge is 0.324 e. The molecule has 4 heteroatoms. The first-order chi connectivity index (χ1) is 7.15. The van der Waals surface area contributed by atoms with Gasteiger partial charge in [0.1, 0.15) is 10.8 Å². The van der Waals surface area contributed by atoms with Gasteiger partial charge in [-0.25, -0.2) is 4.98 Å². The Bertz CT molecular complexity index is 397. The second kappa shape index (κ2) is 4.24. The topological polar surface area (TPSA) is 56.0 Å². The highest BCUT2D eigenvalue weighted by molar-refractivity contribution is 7.09. The van der Waals surface area contributed by atoms with Crippen molar-refractivity contribution >= 4 is 17.1 Å². The number of ketones is 1. The van der Waals surface area contributed by atoms with Crippen LogP contribution in [0.2, 0.25) is 0 Å². The monoisotopic (exact) mass is 222 g/mol. The Morgan fingerprint density at radius 1 is 1.67 bits per heavy atom. The molecular formula is C11H14N2OS. The molecule has 0 radical (unpaired) electrons. The lowest BCUT2D eigenvalue weighted by atomic mass is 10.0. The third kappa shape index (κ3) is 2.52. The number of aryl methyl sites for hydroxylation is 1. The van der Waals surface area contributed by atoms with E-state index in [9.17, 15) is 4.79 Å². The highest BCUT2D eigenvalue weighted by atomic mass is 32.1. The normalized spacial score (nSPS) is 24.7. The number of nitrogens with zero attached hydrogens (tertiary/aromatic N) is 1. The molecule has 0 aromatic carbocycles. The molecule has 0 bridgehead atoms. The molecule has 0 aliphatic heterocycles. The zero-order valence-corrected chi connectivity index (χ0v) is 9.46. The summed E-state index contributed by atoms with van der Waals surface area (Å²) in [7, 11) is 0. The molecule has 2 rings (SSSR count). The van der Waals surface area contributed by atoms with Crippen molar-refractivity contribution < 1.29 is 4.79 Å². The molecule has 80 valence electrons. The summed E-state index contributed by atoms with van der Waals surface area (Å²) >= 11 is 1.55. The lowest BCUT2D eigenvalue weighted by Gasteiger charge is -2.06. The van der Waals surface area contributed by atoms with E-state index in [0.717, 1.165) is 17.1 Å². The maximum atomic E-state index is 11.8. The van der Waals surface area contributed by atoms with Gasteiger partial charge in [0.15, 0.2) is 0 Å². The van der Waals surface area contributed by atoms with Gasteiger partial charge in [-0.1, -0.05) is 12.2 Å². The summed E-state index contributed by atoms with van der Waals surface area (Å²) in [6.07, 6.45) is 5.03. The number of allylic oxidation sites excluding steroid dienone is 1. The van der Waals surface area contributed by atoms with Crippen LogP contribution in [0.25, 0.3) is 0 Å². The molecule has 0 saturated heterocycles. The van der Waals surface area contributed by atoms with Crippen molar-refractivity contribution in [3.63, 3.8) is 0 Å². The predicted octanol–water partition coefficient (Wildman–Crippen LogP) is 1.47. The first-order valence-corrected chi connectivity index (χ1v) is 5.91. The summed E-state index contributed by atoms with van der Waals surface area (Å²) in [4.78, 5) is 16.1. The molecule has 2 atom stereocenters. The predicted molar refractivity (Wildman–Crippen MR) is 60.8 cm³/mol. The van der Waals surface area contributed by atoms with Crippen LogP contribution in [0.15, 0.2) is 17.5 Å². The lowest BCUT2D eigenvalue weighted by Crippen LogP contribution is -2.20. The van der Waals surface area contributed by atoms with Crippen molar-refractivity contribution in [3.05, 3.63) is 28.2 Å². The molecule has 1 aromatic heterocycles. The van der Waals surface area contributed by atoms with E-state index >= 15 is 0 Å². The van der Waals surface area contributed by atoms with Crippen molar-refractivity contribution in [1.82, 2.24) is 4.98 Å². The minimum Gasteiger partial charge on any atom is -0.324 e. The van der Waals surface area contributed by atoms with Crippen LogP contribution in [0.5, 0.6) is 0 Å². The van der Waals surface area contributed by atoms with Crippen LogP contribution >= 0.6 is 11.3 Å². The summed E-state index contributed by atoms with van der Waals surface area (Å²) in [5.41, 5.74) is 6.70. The van der Waals surface area contributed by atoms with Crippen molar-refractivity contribution in [3.8, 4) is 0 Å². The second-order valence-electron chi connectivity index (χ2n) is 3.92. The van der Waals surface area contributed by atoms with Crippen molar-refractivity contribution in [2.75, 3.05) is 0 Å². The zero-order chi connectivity index (χ0) is 10.8. The van der Waals surface area contributed by atoms with E-state index in [1.807, 2.05) is 24.5 Å². The quantitative estimate of drug-likeness (QED) is 0.788. The molecule has 2 N–H and O–H groups in total. The fourth-order valence-corrected chi connectivity index (χ4v) is 2.51. The van der Waals surface area contributed by atoms with E-state index in [0.29, 0.717) is 6.42 Å². The molecule has 2 unspecified atom stereocenters. The zero-order valence-electron chi connectivity index (χ0n) is 8.64. The highest BCUT2D eigenvalue weighted by Gasteiger charge is 2.23. The fourth-order valence-electron chi connectivity index (χ4n) is 1.73. The summed E-state index contributed by atoms with van der Waals surface area (Å²) in [5.74, 6) is 0.234. The van der Waals surface area contributed by atoms with Crippen molar-refractivity contribution in [1.29, 1.82) is 0 Å². The number of nitrogens with two attached hydrogens (primary N) is 1. The maximum absolute atomic E-state index is 11.8. The Labute approximate surface area is 93.0 Å². The van der Waals surface area contributed by atoms with E-state index in [2.05, 4.69) is 4.98 Å². The van der Waals surface area contributed by atoms with Crippen LogP contribution in [0.4, 0.5) is 0 Å². The second-order valence-corrected chi connectivity index (χ2v) is 4.86. The minimum atomic E-state index is 0.00389. The van der Waals surface area contributed by atoms with E-state index in [4.69, 9.17) is 5.73 Å². The SMILES string of the molecule is Cc1csc(CC(=O)C2C=CC(N)C2)n1. The number of hydrogen-bond donors (Lipinski definition) is 1. The summed E-state index contributed by atoms with van der Waals surface area (Å²) in [6, 6.07) is 0.0528. The first kappa shape index (κ1) is 10.5. The van der Waals surface area contributed by atoms with Crippen LogP contribution < -0.4 is 5.73 Å². The molecule has 1 aromatic rings. The lowest BCUT2D eigenvalue weighted by molar-refractivity contribution is -0.120. The van der Waals surface area contributed by atoms with Crippen molar-refractivity contribution in [2.24, 2.45) is 11.7 Å². The molecule has 1 aliphatic rings. The number of rotatable bonds is 3. The average molecular weight is 222 g/mol. The van der Waals surface area contributed by atoms with Crippen LogP contribution in [-0.4, -0.2) is 16.8 Å². The minimum absolute atomic E-state index is 0.00389. The summed E-state index contributed by atoms with van der Waals surface area (Å²) in [5, 5.41) is 2.88. The van der Waals surface area contributed by atoms with Gasteiger partial charge in [-0.2, -0.15) is 0 Å². The molecule has 0 saturated carbocycles. The Morgan fingerprint density at radius 3 is 3.00 bits per heavy atom. The molecular weight excluding hydrogens is 208 g/mol. The average Bonchev–Trinajstić information content (AvgIpc) is 2.75. The fraction of sp³-hybridized carbons (Fsp3) is 0.455. The van der Waals surface area contributed by atoms with E-state index in [-0.39, 0.29) is 17.7 Å². The molecule has 0 spiro atoms. The summed E-state index contributed by atoms with van der Waals surface area (Å²) < 4.78 is 0. The number of carbonyl (C=O) groups excluding carboxylic acids is 1. The molecule has 3 nitrogen and oxygen atoms in total. The highest BCUT2D eigenvalue weighted by Crippen LogP contribution is 2.20. The standard InChI is InChI=1S/C11H14N2OS/c1-7-6-15-11(13-7)5-10(14)8-2-3-9(12)4-8/h2-3,6,8-9H,4-5,12H2,1H3. The molecule has 0 fully saturated rings. The summed E-state index contributed by atoms with van der Waals surface area (Å²) in [6.45, 7) is 1.94. The Hall–Kier alpha value is -1.00. The first-order valence-electron chi connectivity index (χ1n) is 5.03. The third-order valence-corrected chi connectivity index (χ3v) is 3.49. The molecule has 1 aliphatic carbocycles. The van der Waals surface area contributed by atoms with Gasteiger partial charge in [-0.05, 0) is 13.3 Å². The van der Waals surface area contributed by atoms with Gasteiger partial charge in [0.05, 0.1) is 6.42 Å². The van der Waals surface area contributed by atoms with E-state index < -0.39 is 0 Å². The van der Waals surface area contributed by atoms with Crippen molar-refractivity contribution in [2.45, 2.75) is 25.8 Å². The van der Waals surface area contributed by atoms with Gasteiger partial charge in [-0.15, -0.1) is 11.3 Å². The Balaban J connectivity index is 1.96. The molecule has 15 heavy (non-hydrogen) atoms. The van der Waals surface area contributed by atoms with Crippen LogP contribution in [-0.2, 0) is 11.2 Å². The molecule has 1 heterocycles. The third-order valence-electron chi connectivity index (χ3n) is 2.52. The van der Waals surface area contributed by atoms with Crippen LogP contribution in [0.3, 0.4) is 0 Å². The number of Topliss-reactive ketones (excluding diaryl/α,β-unsaturated/α-hetero) is 1. The van der Waals surface area contributed by atoms with Gasteiger partial charge in [0.2, 0.25) is 0 Å². The number of thiazole rings is 1. The van der Waals surface area contributed by atoms with Gasteiger partial charge in [0.25, 0.3) is 0 Å². The van der Waals surface area contributed by atoms with Crippen LogP contribution in [0, 0.1) is 12.8 Å². The Morgan fingerprint density at radius 2 is 2.47 bits per heavy atom. The van der Waals surface area contributed by atoms with E-state index in [1.165, 1.54) is 0 Å². The number of carbonyl (C=O) groups is 1. The van der Waals surface area contributed by atoms with Gasteiger partial charge >= 0.3 is 0 Å². The maximum Gasteiger partial charge on any atom is 0.146 e. The smallest absolute Gasteiger partial charge is 0.146 e. The van der Waals surface area contributed by atoms with Gasteiger partial charge in [0, 0.05) is 23.0 Å². The number of hydrogen-bond acceptors (Lipinski definition) is 4. The van der Waals surface area contributed by atoms with Gasteiger partial charge < -0.3 is 5.73 Å². The van der Waals surface area contributed by atoms with E-state index in [1.54, 1.807) is 11.3 Å². The molecule has 0 amide bonds. The Kier molecular flexibility index (Phi) is 2.98.